The standard InChI is InChI=1S/C12H9F3O2/c13-12(14,15)17-10-4-5-11-8(6-10)2-1-3-9(11)7-16/h1-6,16H,7H2. The molecule has 1 N–H and O–H groups in total. The third kappa shape index (κ3) is 2.68. The molecule has 90 valence electrons. The van der Waals surface area contributed by atoms with Crippen molar-refractivity contribution >= 4 is 10.8 Å². The third-order valence-electron chi connectivity index (χ3n) is 2.35. The van der Waals surface area contributed by atoms with Crippen LogP contribution >= 0.6 is 0 Å². The van der Waals surface area contributed by atoms with Crippen molar-refractivity contribution in [2.75, 3.05) is 0 Å². The van der Waals surface area contributed by atoms with Gasteiger partial charge in [-0.3, -0.25) is 0 Å². The molecule has 0 atom stereocenters. The molecule has 17 heavy (non-hydrogen) atoms. The Morgan fingerprint density at radius 1 is 1.12 bits per heavy atom. The summed E-state index contributed by atoms with van der Waals surface area (Å²) in [5.41, 5.74) is 0.668. The Hall–Kier alpha value is -1.75. The molecule has 0 unspecified atom stereocenters. The average Bonchev–Trinajstić information content (AvgIpc) is 2.25. The maximum Gasteiger partial charge on any atom is 0.573 e. The molecule has 2 rings (SSSR count). The quantitative estimate of drug-likeness (QED) is 0.876. The number of rotatable bonds is 2. The Bertz CT molecular complexity index is 535. The van der Waals surface area contributed by atoms with Crippen LogP contribution in [0.25, 0.3) is 10.8 Å². The minimum atomic E-state index is -4.69. The first kappa shape index (κ1) is 11.7. The van der Waals surface area contributed by atoms with E-state index in [0.29, 0.717) is 16.3 Å². The van der Waals surface area contributed by atoms with Crippen molar-refractivity contribution in [1.82, 2.24) is 0 Å². The molecule has 0 aliphatic heterocycles. The fraction of sp³-hybridized carbons (Fsp3) is 0.167. The zero-order chi connectivity index (χ0) is 12.5. The predicted octanol–water partition coefficient (Wildman–Crippen LogP) is 3.23. The summed E-state index contributed by atoms with van der Waals surface area (Å²) in [4.78, 5) is 0. The van der Waals surface area contributed by atoms with Gasteiger partial charge in [-0.2, -0.15) is 0 Å². The van der Waals surface area contributed by atoms with Gasteiger partial charge in [0.1, 0.15) is 5.75 Å². The van der Waals surface area contributed by atoms with E-state index in [9.17, 15) is 13.2 Å². The zero-order valence-corrected chi connectivity index (χ0v) is 8.66. The average molecular weight is 242 g/mol. The first-order valence-electron chi connectivity index (χ1n) is 4.88. The Morgan fingerprint density at radius 3 is 2.53 bits per heavy atom. The van der Waals surface area contributed by atoms with Gasteiger partial charge in [0.2, 0.25) is 0 Å². The number of alkyl halides is 3. The van der Waals surface area contributed by atoms with Gasteiger partial charge < -0.3 is 9.84 Å². The van der Waals surface area contributed by atoms with E-state index in [1.165, 1.54) is 18.2 Å². The summed E-state index contributed by atoms with van der Waals surface area (Å²) in [5, 5.41) is 10.4. The molecule has 0 aliphatic rings. The van der Waals surface area contributed by atoms with E-state index >= 15 is 0 Å². The fourth-order valence-corrected chi connectivity index (χ4v) is 1.66. The van der Waals surface area contributed by atoms with Crippen molar-refractivity contribution in [2.24, 2.45) is 0 Å². The van der Waals surface area contributed by atoms with Crippen molar-refractivity contribution in [3.8, 4) is 5.75 Å². The maximum absolute atomic E-state index is 12.0. The summed E-state index contributed by atoms with van der Waals surface area (Å²) in [6.07, 6.45) is -4.69. The van der Waals surface area contributed by atoms with Crippen molar-refractivity contribution < 1.29 is 23.0 Å². The highest BCUT2D eigenvalue weighted by Crippen LogP contribution is 2.27. The first-order chi connectivity index (χ1) is 7.99. The predicted molar refractivity (Wildman–Crippen MR) is 56.6 cm³/mol. The second-order valence-electron chi connectivity index (χ2n) is 3.51. The molecule has 0 saturated carbocycles. The maximum atomic E-state index is 12.0. The molecule has 2 aromatic carbocycles. The highest BCUT2D eigenvalue weighted by atomic mass is 19.4. The van der Waals surface area contributed by atoms with E-state index < -0.39 is 6.36 Å². The summed E-state index contributed by atoms with van der Waals surface area (Å²) >= 11 is 0. The molecule has 2 nitrogen and oxygen atoms in total. The summed E-state index contributed by atoms with van der Waals surface area (Å²) < 4.78 is 39.9. The highest BCUT2D eigenvalue weighted by molar-refractivity contribution is 5.86. The van der Waals surface area contributed by atoms with Crippen molar-refractivity contribution in [3.63, 3.8) is 0 Å². The number of hydrogen-bond acceptors (Lipinski definition) is 2. The lowest BCUT2D eigenvalue weighted by atomic mass is 10.1. The summed E-state index contributed by atoms with van der Waals surface area (Å²) in [7, 11) is 0. The van der Waals surface area contributed by atoms with Gasteiger partial charge in [0.05, 0.1) is 6.61 Å². The summed E-state index contributed by atoms with van der Waals surface area (Å²) in [6.45, 7) is -0.156. The van der Waals surface area contributed by atoms with E-state index in [2.05, 4.69) is 4.74 Å². The Morgan fingerprint density at radius 2 is 1.88 bits per heavy atom. The van der Waals surface area contributed by atoms with Crippen LogP contribution in [0.5, 0.6) is 5.75 Å². The molecule has 0 radical (unpaired) electrons. The van der Waals surface area contributed by atoms with Crippen LogP contribution in [0.4, 0.5) is 13.2 Å². The largest absolute Gasteiger partial charge is 0.573 e. The molecule has 0 amide bonds. The van der Waals surface area contributed by atoms with Crippen LogP contribution in [0.3, 0.4) is 0 Å². The Kier molecular flexibility index (Phi) is 2.93. The molecular formula is C12H9F3O2. The van der Waals surface area contributed by atoms with E-state index in [0.717, 1.165) is 0 Å². The number of benzene rings is 2. The molecule has 0 spiro atoms. The molecule has 0 bridgehead atoms. The number of aliphatic hydroxyl groups excluding tert-OH is 1. The van der Waals surface area contributed by atoms with Crippen LogP contribution in [0.2, 0.25) is 0 Å². The first-order valence-corrected chi connectivity index (χ1v) is 4.88. The minimum absolute atomic E-state index is 0.156. The molecule has 2 aromatic rings. The number of aliphatic hydroxyl groups is 1. The van der Waals surface area contributed by atoms with Gasteiger partial charge >= 0.3 is 6.36 Å². The molecule has 0 saturated heterocycles. The Labute approximate surface area is 95.2 Å². The summed E-state index contributed by atoms with van der Waals surface area (Å²) in [6, 6.07) is 9.08. The zero-order valence-electron chi connectivity index (χ0n) is 8.66. The molecule has 5 heteroatoms. The van der Waals surface area contributed by atoms with Crippen molar-refractivity contribution in [2.45, 2.75) is 13.0 Å². The van der Waals surface area contributed by atoms with Gasteiger partial charge in [0.25, 0.3) is 0 Å². The van der Waals surface area contributed by atoms with Gasteiger partial charge in [0, 0.05) is 0 Å². The molecular weight excluding hydrogens is 233 g/mol. The van der Waals surface area contributed by atoms with Crippen LogP contribution in [0, 0.1) is 0 Å². The minimum Gasteiger partial charge on any atom is -0.406 e. The molecule has 0 heterocycles. The fourth-order valence-electron chi connectivity index (χ4n) is 1.66. The van der Waals surface area contributed by atoms with Crippen LogP contribution in [0.15, 0.2) is 36.4 Å². The van der Waals surface area contributed by atoms with Crippen molar-refractivity contribution in [1.29, 1.82) is 0 Å². The van der Waals surface area contributed by atoms with E-state index in [4.69, 9.17) is 5.11 Å². The van der Waals surface area contributed by atoms with Crippen molar-refractivity contribution in [3.05, 3.63) is 42.0 Å². The lowest BCUT2D eigenvalue weighted by Gasteiger charge is -2.10. The topological polar surface area (TPSA) is 29.5 Å². The second kappa shape index (κ2) is 4.25. The molecule has 0 fully saturated rings. The summed E-state index contributed by atoms with van der Waals surface area (Å²) in [5.74, 6) is -0.264. The van der Waals surface area contributed by atoms with Crippen LogP contribution in [0.1, 0.15) is 5.56 Å². The number of halogens is 3. The van der Waals surface area contributed by atoms with E-state index in [-0.39, 0.29) is 12.4 Å². The molecule has 0 aliphatic carbocycles. The van der Waals surface area contributed by atoms with Gasteiger partial charge in [-0.1, -0.05) is 24.3 Å². The normalized spacial score (nSPS) is 11.8. The van der Waals surface area contributed by atoms with Gasteiger partial charge in [-0.05, 0) is 28.5 Å². The number of ether oxygens (including phenoxy) is 1. The monoisotopic (exact) mass is 242 g/mol. The van der Waals surface area contributed by atoms with E-state index in [1.54, 1.807) is 18.2 Å². The Balaban J connectivity index is 2.45. The second-order valence-corrected chi connectivity index (χ2v) is 3.51. The number of hydrogen-bond donors (Lipinski definition) is 1. The van der Waals surface area contributed by atoms with Gasteiger partial charge in [-0.25, -0.2) is 0 Å². The van der Waals surface area contributed by atoms with Gasteiger partial charge in [-0.15, -0.1) is 13.2 Å². The SMILES string of the molecule is OCc1cccc2cc(OC(F)(F)F)ccc12. The van der Waals surface area contributed by atoms with Crippen LogP contribution in [-0.2, 0) is 6.61 Å². The third-order valence-corrected chi connectivity index (χ3v) is 2.35. The van der Waals surface area contributed by atoms with Crippen LogP contribution < -0.4 is 4.74 Å². The molecule has 0 aromatic heterocycles. The van der Waals surface area contributed by atoms with Gasteiger partial charge in [0.15, 0.2) is 0 Å². The van der Waals surface area contributed by atoms with E-state index in [1.807, 2.05) is 0 Å². The highest BCUT2D eigenvalue weighted by Gasteiger charge is 2.31. The lowest BCUT2D eigenvalue weighted by Crippen LogP contribution is -2.17. The van der Waals surface area contributed by atoms with Crippen LogP contribution in [-0.4, -0.2) is 11.5 Å². The smallest absolute Gasteiger partial charge is 0.406 e. The number of fused-ring (bicyclic) bond motifs is 1. The lowest BCUT2D eigenvalue weighted by molar-refractivity contribution is -0.274.